The van der Waals surface area contributed by atoms with E-state index in [1.165, 1.54) is 16.0 Å². The first kappa shape index (κ1) is 39.8. The van der Waals surface area contributed by atoms with Crippen molar-refractivity contribution in [2.24, 2.45) is 0 Å². The molecule has 0 radical (unpaired) electrons. The SMILES string of the molecule is CN(C(=O)/C=C/CC(C)(C)NC(=O)OC(C)(C)C)[C@H](Cc1ccc(-c2ccccc2)cc1)C(=O)N(C)C1(C(=O)N(C)N(C)C)C[C@@H]1c1ccccc1. The van der Waals surface area contributed by atoms with Crippen molar-refractivity contribution < 1.29 is 23.9 Å². The number of nitrogens with one attached hydrogen (secondary N) is 1. The van der Waals surface area contributed by atoms with Gasteiger partial charge in [0.2, 0.25) is 11.8 Å². The van der Waals surface area contributed by atoms with E-state index in [1.54, 1.807) is 72.0 Å². The van der Waals surface area contributed by atoms with Crippen LogP contribution in [0.3, 0.4) is 0 Å². The number of ether oxygens (including phenoxy) is 1. The number of carbonyl (C=O) groups excluding carboxylic acids is 4. The van der Waals surface area contributed by atoms with Crippen molar-refractivity contribution in [1.29, 1.82) is 0 Å². The third-order valence-corrected chi connectivity index (χ3v) is 9.65. The maximum Gasteiger partial charge on any atom is 0.408 e. The summed E-state index contributed by atoms with van der Waals surface area (Å²) in [7, 11) is 8.58. The highest BCUT2D eigenvalue weighted by molar-refractivity contribution is 5.99. The molecule has 3 aromatic rings. The van der Waals surface area contributed by atoms with E-state index in [9.17, 15) is 19.2 Å². The maximum atomic E-state index is 14.8. The summed E-state index contributed by atoms with van der Waals surface area (Å²) in [5.41, 5.74) is 1.51. The van der Waals surface area contributed by atoms with Crippen LogP contribution in [0.1, 0.15) is 64.5 Å². The molecule has 10 heteroatoms. The Labute approximate surface area is 309 Å². The molecule has 1 aliphatic rings. The number of rotatable bonds is 13. The molecule has 10 nitrogen and oxygen atoms in total. The zero-order chi connectivity index (χ0) is 38.4. The van der Waals surface area contributed by atoms with Gasteiger partial charge in [-0.3, -0.25) is 19.4 Å². The van der Waals surface area contributed by atoms with E-state index in [4.69, 9.17) is 4.74 Å². The third-order valence-electron chi connectivity index (χ3n) is 9.65. The summed E-state index contributed by atoms with van der Waals surface area (Å²) in [5.74, 6) is -1.10. The van der Waals surface area contributed by atoms with E-state index in [0.29, 0.717) is 12.8 Å². The van der Waals surface area contributed by atoms with Crippen molar-refractivity contribution in [2.75, 3.05) is 35.2 Å². The summed E-state index contributed by atoms with van der Waals surface area (Å²) in [6.45, 7) is 9.07. The van der Waals surface area contributed by atoms with Crippen molar-refractivity contribution in [1.82, 2.24) is 25.1 Å². The first-order valence-corrected chi connectivity index (χ1v) is 17.7. The van der Waals surface area contributed by atoms with Crippen LogP contribution in [0.15, 0.2) is 97.1 Å². The van der Waals surface area contributed by atoms with Crippen molar-refractivity contribution in [3.05, 3.63) is 108 Å². The molecule has 1 unspecified atom stereocenters. The molecule has 1 saturated carbocycles. The monoisotopic (exact) mass is 709 g/mol. The number of carbonyl (C=O) groups is 4. The highest BCUT2D eigenvalue weighted by Crippen LogP contribution is 2.56. The summed E-state index contributed by atoms with van der Waals surface area (Å²) >= 11 is 0. The lowest BCUT2D eigenvalue weighted by Gasteiger charge is -2.38. The minimum Gasteiger partial charge on any atom is -0.444 e. The van der Waals surface area contributed by atoms with Gasteiger partial charge in [-0.05, 0) is 75.8 Å². The van der Waals surface area contributed by atoms with Crippen molar-refractivity contribution >= 4 is 23.8 Å². The van der Waals surface area contributed by atoms with Crippen molar-refractivity contribution in [2.45, 2.75) is 82.5 Å². The Bertz CT molecular complexity index is 1730. The minimum absolute atomic E-state index is 0.193. The fraction of sp³-hybridized carbons (Fsp3) is 0.429. The van der Waals surface area contributed by atoms with Crippen LogP contribution in [0.5, 0.6) is 0 Å². The van der Waals surface area contributed by atoms with Crippen molar-refractivity contribution in [3.63, 3.8) is 0 Å². The molecule has 1 fully saturated rings. The molecule has 1 aliphatic carbocycles. The molecule has 3 aromatic carbocycles. The first-order valence-electron chi connectivity index (χ1n) is 17.7. The number of alkyl carbamates (subject to hydrolysis) is 1. The van der Waals surface area contributed by atoms with Gasteiger partial charge in [0, 0.05) is 53.1 Å². The first-order chi connectivity index (χ1) is 24.4. The van der Waals surface area contributed by atoms with Gasteiger partial charge < -0.3 is 19.9 Å². The summed E-state index contributed by atoms with van der Waals surface area (Å²) in [4.78, 5) is 58.2. The third kappa shape index (κ3) is 9.67. The Balaban J connectivity index is 1.63. The summed E-state index contributed by atoms with van der Waals surface area (Å²) in [5, 5.41) is 6.09. The fourth-order valence-corrected chi connectivity index (χ4v) is 6.40. The molecule has 0 spiro atoms. The maximum absolute atomic E-state index is 14.8. The summed E-state index contributed by atoms with van der Waals surface area (Å²) in [6, 6.07) is 26.9. The standard InChI is InChI=1S/C42H55N5O5/c1-40(2,3)52-39(51)43-41(4,5)27-17-22-36(48)45(8)35(28-30-23-25-32(26-24-30)31-18-13-11-14-19-31)37(49)46(9)42(38(50)47(10)44(6)7)29-34(42)33-20-15-12-16-21-33/h11-26,34-35H,27-29H2,1-10H3,(H,43,51)/b22-17+/t34-,35-,42?/m1/s1. The fourth-order valence-electron chi connectivity index (χ4n) is 6.40. The number of hydrogen-bond acceptors (Lipinski definition) is 6. The van der Waals surface area contributed by atoms with Crippen LogP contribution in [0.25, 0.3) is 11.1 Å². The lowest BCUT2D eigenvalue weighted by atomic mass is 9.98. The highest BCUT2D eigenvalue weighted by Gasteiger charge is 2.66. The van der Waals surface area contributed by atoms with Crippen molar-refractivity contribution in [3.8, 4) is 11.1 Å². The molecule has 1 N–H and O–H groups in total. The predicted octanol–water partition coefficient (Wildman–Crippen LogP) is 6.29. The van der Waals surface area contributed by atoms with Crippen LogP contribution >= 0.6 is 0 Å². The van der Waals surface area contributed by atoms with Crippen LogP contribution in [0, 0.1) is 0 Å². The number of nitrogens with zero attached hydrogens (tertiary/aromatic N) is 4. The lowest BCUT2D eigenvalue weighted by Crippen LogP contribution is -2.58. The molecule has 0 heterocycles. The van der Waals surface area contributed by atoms with E-state index in [1.807, 2.05) is 98.8 Å². The number of amides is 4. The molecule has 52 heavy (non-hydrogen) atoms. The van der Waals surface area contributed by atoms with Gasteiger partial charge in [0.1, 0.15) is 17.2 Å². The Morgan fingerprint density at radius 1 is 0.827 bits per heavy atom. The van der Waals surface area contributed by atoms with Crippen LogP contribution in [0.2, 0.25) is 0 Å². The van der Waals surface area contributed by atoms with Gasteiger partial charge in [0.15, 0.2) is 0 Å². The largest absolute Gasteiger partial charge is 0.444 e. The molecule has 0 aliphatic heterocycles. The highest BCUT2D eigenvalue weighted by atomic mass is 16.6. The van der Waals surface area contributed by atoms with Gasteiger partial charge in [-0.1, -0.05) is 91.0 Å². The molecular formula is C42H55N5O5. The van der Waals surface area contributed by atoms with Gasteiger partial charge in [-0.25, -0.2) is 9.80 Å². The second-order valence-corrected chi connectivity index (χ2v) is 15.5. The van der Waals surface area contributed by atoms with Gasteiger partial charge in [0.25, 0.3) is 5.91 Å². The van der Waals surface area contributed by atoms with E-state index in [0.717, 1.165) is 22.3 Å². The average molecular weight is 710 g/mol. The van der Waals surface area contributed by atoms with Crippen LogP contribution in [-0.2, 0) is 25.5 Å². The topological polar surface area (TPSA) is 102 Å². The second kappa shape index (κ2) is 16.2. The van der Waals surface area contributed by atoms with Gasteiger partial charge in [-0.15, -0.1) is 0 Å². The van der Waals surface area contributed by atoms with E-state index < -0.39 is 28.8 Å². The minimum atomic E-state index is -1.12. The number of hydrogen-bond donors (Lipinski definition) is 1. The molecular weight excluding hydrogens is 654 g/mol. The predicted molar refractivity (Wildman–Crippen MR) is 205 cm³/mol. The lowest BCUT2D eigenvalue weighted by molar-refractivity contribution is -0.157. The Hall–Kier alpha value is -4.96. The zero-order valence-corrected chi connectivity index (χ0v) is 32.3. The van der Waals surface area contributed by atoms with E-state index in [2.05, 4.69) is 5.32 Å². The summed E-state index contributed by atoms with van der Waals surface area (Å²) in [6.07, 6.45) is 3.63. The zero-order valence-electron chi connectivity index (χ0n) is 32.3. The van der Waals surface area contributed by atoms with E-state index >= 15 is 0 Å². The number of benzene rings is 3. The molecule has 4 rings (SSSR count). The van der Waals surface area contributed by atoms with Crippen LogP contribution < -0.4 is 5.32 Å². The van der Waals surface area contributed by atoms with Crippen LogP contribution in [0.4, 0.5) is 4.79 Å². The van der Waals surface area contributed by atoms with Gasteiger partial charge in [0.05, 0.1) is 0 Å². The molecule has 278 valence electrons. The Kier molecular flexibility index (Phi) is 12.4. The van der Waals surface area contributed by atoms with Crippen LogP contribution in [-0.4, -0.2) is 102 Å². The summed E-state index contributed by atoms with van der Waals surface area (Å²) < 4.78 is 5.40. The second-order valence-electron chi connectivity index (χ2n) is 15.5. The molecule has 0 bridgehead atoms. The van der Waals surface area contributed by atoms with E-state index in [-0.39, 0.29) is 30.1 Å². The molecule has 0 saturated heterocycles. The average Bonchev–Trinajstić information content (AvgIpc) is 3.85. The normalized spacial score (nSPS) is 17.7. The molecule has 4 amide bonds. The van der Waals surface area contributed by atoms with Gasteiger partial charge >= 0.3 is 6.09 Å². The van der Waals surface area contributed by atoms with Gasteiger partial charge in [-0.2, -0.15) is 0 Å². The molecule has 3 atom stereocenters. The number of hydrazine groups is 1. The smallest absolute Gasteiger partial charge is 0.408 e. The molecule has 0 aromatic heterocycles. The Morgan fingerprint density at radius 3 is 1.94 bits per heavy atom. The Morgan fingerprint density at radius 2 is 1.38 bits per heavy atom. The number of likely N-dealkylation sites (N-methyl/N-ethyl adjacent to an activating group) is 3. The quantitative estimate of drug-likeness (QED) is 0.165.